The zero-order chi connectivity index (χ0) is 11.5. The summed E-state index contributed by atoms with van der Waals surface area (Å²) in [5.41, 5.74) is 0.924. The summed E-state index contributed by atoms with van der Waals surface area (Å²) < 4.78 is 0.838. The average molecular weight is 299 g/mol. The summed E-state index contributed by atoms with van der Waals surface area (Å²) in [5.74, 6) is 1.46. The van der Waals surface area contributed by atoms with Crippen molar-refractivity contribution in [2.24, 2.45) is 0 Å². The molecule has 16 heavy (non-hydrogen) atoms. The van der Waals surface area contributed by atoms with Gasteiger partial charge >= 0.3 is 0 Å². The number of rotatable bonds is 2. The van der Waals surface area contributed by atoms with Crippen molar-refractivity contribution in [3.8, 4) is 11.4 Å². The maximum absolute atomic E-state index is 5.93. The van der Waals surface area contributed by atoms with Crippen molar-refractivity contribution in [1.29, 1.82) is 0 Å². The Bertz CT molecular complexity index is 516. The van der Waals surface area contributed by atoms with Gasteiger partial charge in [-0.3, -0.25) is 0 Å². The first-order valence-electron chi connectivity index (χ1n) is 4.67. The number of benzene rings is 1. The number of nitrogens with zero attached hydrogens (tertiary/aromatic N) is 2. The molecule has 0 aliphatic heterocycles. The van der Waals surface area contributed by atoms with E-state index in [1.165, 1.54) is 0 Å². The summed E-state index contributed by atoms with van der Waals surface area (Å²) in [4.78, 5) is 8.56. The van der Waals surface area contributed by atoms with E-state index < -0.39 is 0 Å². The minimum atomic E-state index is 0.671. The van der Waals surface area contributed by atoms with Gasteiger partial charge in [-0.25, -0.2) is 9.97 Å². The maximum Gasteiger partial charge on any atom is 0.161 e. The van der Waals surface area contributed by atoms with Gasteiger partial charge in [0, 0.05) is 23.3 Å². The lowest BCUT2D eigenvalue weighted by Crippen LogP contribution is -1.95. The molecule has 0 aliphatic carbocycles. The van der Waals surface area contributed by atoms with Crippen LogP contribution in [0.25, 0.3) is 11.4 Å². The fraction of sp³-hybridized carbons (Fsp3) is 0.0909. The quantitative estimate of drug-likeness (QED) is 0.920. The summed E-state index contributed by atoms with van der Waals surface area (Å²) >= 11 is 9.30. The number of aromatic nitrogens is 2. The van der Waals surface area contributed by atoms with E-state index in [2.05, 4.69) is 31.2 Å². The zero-order valence-corrected chi connectivity index (χ0v) is 10.9. The first-order chi connectivity index (χ1) is 7.70. The molecule has 0 saturated heterocycles. The van der Waals surface area contributed by atoms with E-state index in [1.54, 1.807) is 6.20 Å². The zero-order valence-electron chi connectivity index (χ0n) is 8.54. The van der Waals surface area contributed by atoms with Crippen molar-refractivity contribution in [3.63, 3.8) is 0 Å². The summed E-state index contributed by atoms with van der Waals surface area (Å²) in [5, 5.41) is 3.65. The lowest BCUT2D eigenvalue weighted by molar-refractivity contribution is 1.17. The highest BCUT2D eigenvalue weighted by Gasteiger charge is 2.04. The standard InChI is InChI=1S/C11H9BrClN3/c1-14-10-4-5-15-11(16-10)7-2-3-9(13)8(12)6-7/h2-6H,1H3,(H,14,15,16). The second-order valence-electron chi connectivity index (χ2n) is 3.14. The van der Waals surface area contributed by atoms with E-state index in [4.69, 9.17) is 11.6 Å². The minimum absolute atomic E-state index is 0.671. The van der Waals surface area contributed by atoms with Crippen molar-refractivity contribution in [2.45, 2.75) is 0 Å². The number of nitrogens with one attached hydrogen (secondary N) is 1. The van der Waals surface area contributed by atoms with Gasteiger partial charge in [-0.05, 0) is 40.2 Å². The number of anilines is 1. The Morgan fingerprint density at radius 3 is 2.81 bits per heavy atom. The van der Waals surface area contributed by atoms with Crippen molar-refractivity contribution >= 4 is 33.3 Å². The molecule has 2 aromatic rings. The highest BCUT2D eigenvalue weighted by Crippen LogP contribution is 2.27. The molecule has 0 atom stereocenters. The highest BCUT2D eigenvalue weighted by molar-refractivity contribution is 9.10. The van der Waals surface area contributed by atoms with Crippen LogP contribution in [0.15, 0.2) is 34.9 Å². The Kier molecular flexibility index (Phi) is 3.41. The van der Waals surface area contributed by atoms with Crippen LogP contribution in [0.2, 0.25) is 5.02 Å². The predicted molar refractivity (Wildman–Crippen MR) is 69.7 cm³/mol. The molecule has 1 aromatic carbocycles. The van der Waals surface area contributed by atoms with Gasteiger partial charge in [0.2, 0.25) is 0 Å². The average Bonchev–Trinajstić information content (AvgIpc) is 2.33. The van der Waals surface area contributed by atoms with Crippen molar-refractivity contribution in [2.75, 3.05) is 12.4 Å². The molecule has 1 heterocycles. The molecule has 0 unspecified atom stereocenters. The summed E-state index contributed by atoms with van der Waals surface area (Å²) in [6.45, 7) is 0. The predicted octanol–water partition coefficient (Wildman–Crippen LogP) is 3.60. The van der Waals surface area contributed by atoms with Gasteiger partial charge in [0.25, 0.3) is 0 Å². The normalized spacial score (nSPS) is 10.2. The van der Waals surface area contributed by atoms with Gasteiger partial charge < -0.3 is 5.32 Å². The third-order valence-corrected chi connectivity index (χ3v) is 3.30. The Balaban J connectivity index is 2.46. The Labute approximate surface area is 107 Å². The lowest BCUT2D eigenvalue weighted by Gasteiger charge is -2.04. The largest absolute Gasteiger partial charge is 0.373 e. The molecule has 0 fully saturated rings. The van der Waals surface area contributed by atoms with Crippen LogP contribution < -0.4 is 5.32 Å². The van der Waals surface area contributed by atoms with Crippen LogP contribution in [0.3, 0.4) is 0 Å². The molecule has 1 aromatic heterocycles. The fourth-order valence-electron chi connectivity index (χ4n) is 1.27. The number of hydrogen-bond acceptors (Lipinski definition) is 3. The molecule has 0 bridgehead atoms. The third-order valence-electron chi connectivity index (χ3n) is 2.09. The van der Waals surface area contributed by atoms with Gasteiger partial charge in [0.1, 0.15) is 5.82 Å². The van der Waals surface area contributed by atoms with Crippen LogP contribution in [0, 0.1) is 0 Å². The monoisotopic (exact) mass is 297 g/mol. The minimum Gasteiger partial charge on any atom is -0.373 e. The summed E-state index contributed by atoms with van der Waals surface area (Å²) in [6, 6.07) is 7.42. The van der Waals surface area contributed by atoms with Gasteiger partial charge in [0.05, 0.1) is 5.02 Å². The van der Waals surface area contributed by atoms with Crippen LogP contribution in [-0.4, -0.2) is 17.0 Å². The molecule has 5 heteroatoms. The molecular weight excluding hydrogens is 289 g/mol. The third kappa shape index (κ3) is 2.33. The molecule has 0 saturated carbocycles. The summed E-state index contributed by atoms with van der Waals surface area (Å²) in [7, 11) is 1.82. The van der Waals surface area contributed by atoms with E-state index in [0.717, 1.165) is 15.9 Å². The molecule has 0 radical (unpaired) electrons. The van der Waals surface area contributed by atoms with Crippen LogP contribution in [0.4, 0.5) is 5.82 Å². The first kappa shape index (κ1) is 11.4. The molecule has 0 spiro atoms. The molecule has 3 nitrogen and oxygen atoms in total. The smallest absolute Gasteiger partial charge is 0.161 e. The van der Waals surface area contributed by atoms with Crippen molar-refractivity contribution < 1.29 is 0 Å². The van der Waals surface area contributed by atoms with E-state index in [1.807, 2.05) is 31.3 Å². The number of hydrogen-bond donors (Lipinski definition) is 1. The molecule has 0 amide bonds. The molecule has 0 aliphatic rings. The van der Waals surface area contributed by atoms with Crippen LogP contribution >= 0.6 is 27.5 Å². The van der Waals surface area contributed by atoms with Gasteiger partial charge in [-0.15, -0.1) is 0 Å². The van der Waals surface area contributed by atoms with E-state index in [-0.39, 0.29) is 0 Å². The number of halogens is 2. The second-order valence-corrected chi connectivity index (χ2v) is 4.41. The van der Waals surface area contributed by atoms with Crippen molar-refractivity contribution in [3.05, 3.63) is 40.0 Å². The second kappa shape index (κ2) is 4.80. The van der Waals surface area contributed by atoms with Gasteiger partial charge in [-0.2, -0.15) is 0 Å². The molecule has 2 rings (SSSR count). The Morgan fingerprint density at radius 2 is 2.12 bits per heavy atom. The SMILES string of the molecule is CNc1ccnc(-c2ccc(Cl)c(Br)c2)n1. The van der Waals surface area contributed by atoms with Gasteiger partial charge in [-0.1, -0.05) is 11.6 Å². The van der Waals surface area contributed by atoms with Crippen LogP contribution in [-0.2, 0) is 0 Å². The molecule has 82 valence electrons. The van der Waals surface area contributed by atoms with E-state index in [0.29, 0.717) is 10.8 Å². The maximum atomic E-state index is 5.93. The molecule has 1 N–H and O–H groups in total. The van der Waals surface area contributed by atoms with E-state index in [9.17, 15) is 0 Å². The topological polar surface area (TPSA) is 37.8 Å². The van der Waals surface area contributed by atoms with Crippen molar-refractivity contribution in [1.82, 2.24) is 9.97 Å². The van der Waals surface area contributed by atoms with Crippen LogP contribution in [0.1, 0.15) is 0 Å². The Hall–Kier alpha value is -1.13. The van der Waals surface area contributed by atoms with E-state index >= 15 is 0 Å². The summed E-state index contributed by atoms with van der Waals surface area (Å²) in [6.07, 6.45) is 1.72. The fourth-order valence-corrected chi connectivity index (χ4v) is 1.77. The molecular formula is C11H9BrClN3. The first-order valence-corrected chi connectivity index (χ1v) is 5.84. The highest BCUT2D eigenvalue weighted by atomic mass is 79.9. The van der Waals surface area contributed by atoms with Gasteiger partial charge in [0.15, 0.2) is 5.82 Å². The van der Waals surface area contributed by atoms with Crippen LogP contribution in [0.5, 0.6) is 0 Å². The lowest BCUT2D eigenvalue weighted by atomic mass is 10.2. The Morgan fingerprint density at radius 1 is 1.31 bits per heavy atom.